The number of aryl methyl sites for hydroxylation is 1. The molecule has 0 saturated heterocycles. The molecular formula is C12H18N2O2S. The van der Waals surface area contributed by atoms with Gasteiger partial charge < -0.3 is 5.73 Å². The summed E-state index contributed by atoms with van der Waals surface area (Å²) in [5, 5.41) is 0. The summed E-state index contributed by atoms with van der Waals surface area (Å²) < 4.78 is 26.3. The predicted octanol–water partition coefficient (Wildman–Crippen LogP) is 2.04. The summed E-state index contributed by atoms with van der Waals surface area (Å²) in [6, 6.07) is 3.60. The Balaban J connectivity index is 2.20. The Labute approximate surface area is 102 Å². The van der Waals surface area contributed by atoms with Crippen molar-refractivity contribution >= 4 is 21.4 Å². The number of rotatable bonds is 4. The fraction of sp³-hybridized carbons (Fsp3) is 0.500. The number of hydrogen-bond donors (Lipinski definition) is 2. The number of nitrogen functional groups attached to an aromatic ring is 1. The molecule has 0 amide bonds. The van der Waals surface area contributed by atoms with Crippen LogP contribution in [0.25, 0.3) is 0 Å². The van der Waals surface area contributed by atoms with Gasteiger partial charge in [-0.05, 0) is 49.8 Å². The molecule has 1 aliphatic rings. The van der Waals surface area contributed by atoms with Crippen LogP contribution in [0, 0.1) is 19.8 Å². The van der Waals surface area contributed by atoms with Gasteiger partial charge in [0.15, 0.2) is 0 Å². The topological polar surface area (TPSA) is 72.2 Å². The fourth-order valence-corrected chi connectivity index (χ4v) is 3.37. The highest BCUT2D eigenvalue weighted by Gasteiger charge is 2.28. The van der Waals surface area contributed by atoms with Crippen LogP contribution in [-0.2, 0) is 10.0 Å². The summed E-state index contributed by atoms with van der Waals surface area (Å²) in [4.78, 5) is 0. The van der Waals surface area contributed by atoms with Crippen molar-refractivity contribution in [3.8, 4) is 0 Å². The van der Waals surface area contributed by atoms with Gasteiger partial charge in [0, 0.05) is 5.69 Å². The molecule has 0 aromatic heterocycles. The second kappa shape index (κ2) is 4.22. The Morgan fingerprint density at radius 1 is 1.35 bits per heavy atom. The van der Waals surface area contributed by atoms with Crippen LogP contribution in [0.5, 0.6) is 0 Å². The molecule has 0 aliphatic heterocycles. The monoisotopic (exact) mass is 254 g/mol. The van der Waals surface area contributed by atoms with Gasteiger partial charge in [-0.3, -0.25) is 4.72 Å². The van der Waals surface area contributed by atoms with Gasteiger partial charge in [0.05, 0.1) is 11.4 Å². The molecular weight excluding hydrogens is 236 g/mol. The van der Waals surface area contributed by atoms with Crippen molar-refractivity contribution in [2.45, 2.75) is 26.7 Å². The molecule has 1 aromatic carbocycles. The first kappa shape index (κ1) is 12.2. The molecule has 4 nitrogen and oxygen atoms in total. The van der Waals surface area contributed by atoms with E-state index in [1.807, 2.05) is 19.9 Å². The molecule has 2 rings (SSSR count). The molecule has 3 N–H and O–H groups in total. The quantitative estimate of drug-likeness (QED) is 0.808. The van der Waals surface area contributed by atoms with Crippen molar-refractivity contribution in [1.82, 2.24) is 0 Å². The van der Waals surface area contributed by atoms with Crippen LogP contribution in [-0.4, -0.2) is 14.2 Å². The van der Waals surface area contributed by atoms with Crippen molar-refractivity contribution in [2.75, 3.05) is 16.2 Å². The number of anilines is 2. The van der Waals surface area contributed by atoms with Crippen LogP contribution in [0.4, 0.5) is 11.4 Å². The number of nitrogens with two attached hydrogens (primary N) is 1. The van der Waals surface area contributed by atoms with Crippen molar-refractivity contribution < 1.29 is 8.42 Å². The van der Waals surface area contributed by atoms with E-state index in [0.717, 1.165) is 24.0 Å². The lowest BCUT2D eigenvalue weighted by atomic mass is 10.1. The van der Waals surface area contributed by atoms with Crippen LogP contribution in [0.15, 0.2) is 12.1 Å². The van der Waals surface area contributed by atoms with Gasteiger partial charge >= 0.3 is 0 Å². The van der Waals surface area contributed by atoms with Crippen LogP contribution < -0.4 is 10.5 Å². The molecule has 1 aliphatic carbocycles. The standard InChI is InChI=1S/C12H18N2O2S/c1-8-3-6-11(9(2)12(8)13)14-17(15,16)7-10-4-5-10/h3,6,10,14H,4-5,7,13H2,1-2H3. The molecule has 17 heavy (non-hydrogen) atoms. The first-order valence-electron chi connectivity index (χ1n) is 5.75. The summed E-state index contributed by atoms with van der Waals surface area (Å²) in [7, 11) is -3.23. The van der Waals surface area contributed by atoms with Crippen LogP contribution in [0.2, 0.25) is 0 Å². The Morgan fingerprint density at radius 3 is 2.59 bits per heavy atom. The van der Waals surface area contributed by atoms with Gasteiger partial charge in [-0.2, -0.15) is 0 Å². The minimum atomic E-state index is -3.23. The number of benzene rings is 1. The number of nitrogens with one attached hydrogen (secondary N) is 1. The highest BCUT2D eigenvalue weighted by Crippen LogP contribution is 2.31. The van der Waals surface area contributed by atoms with Gasteiger partial charge in [-0.1, -0.05) is 6.07 Å². The lowest BCUT2D eigenvalue weighted by Crippen LogP contribution is -2.18. The molecule has 0 atom stereocenters. The van der Waals surface area contributed by atoms with E-state index < -0.39 is 10.0 Å². The van der Waals surface area contributed by atoms with E-state index in [1.165, 1.54) is 0 Å². The fourth-order valence-electron chi connectivity index (χ4n) is 1.78. The first-order chi connectivity index (χ1) is 7.89. The first-order valence-corrected chi connectivity index (χ1v) is 7.40. The summed E-state index contributed by atoms with van der Waals surface area (Å²) >= 11 is 0. The smallest absolute Gasteiger partial charge is 0.233 e. The molecule has 0 heterocycles. The van der Waals surface area contributed by atoms with E-state index in [0.29, 0.717) is 17.3 Å². The molecule has 0 bridgehead atoms. The second-order valence-electron chi connectivity index (χ2n) is 4.80. The summed E-state index contributed by atoms with van der Waals surface area (Å²) in [5.41, 5.74) is 8.88. The average molecular weight is 254 g/mol. The molecule has 94 valence electrons. The van der Waals surface area contributed by atoms with Gasteiger partial charge in [0.1, 0.15) is 0 Å². The van der Waals surface area contributed by atoms with Crippen LogP contribution in [0.1, 0.15) is 24.0 Å². The molecule has 0 spiro atoms. The third-order valence-electron chi connectivity index (χ3n) is 3.15. The van der Waals surface area contributed by atoms with Crippen LogP contribution >= 0.6 is 0 Å². The van der Waals surface area contributed by atoms with E-state index in [1.54, 1.807) is 6.07 Å². The highest BCUT2D eigenvalue weighted by atomic mass is 32.2. The van der Waals surface area contributed by atoms with Crippen molar-refractivity contribution in [1.29, 1.82) is 0 Å². The maximum atomic E-state index is 11.8. The lowest BCUT2D eigenvalue weighted by molar-refractivity contribution is 0.597. The zero-order valence-electron chi connectivity index (χ0n) is 10.2. The summed E-state index contributed by atoms with van der Waals surface area (Å²) in [6.45, 7) is 3.74. The maximum absolute atomic E-state index is 11.8. The summed E-state index contributed by atoms with van der Waals surface area (Å²) in [6.07, 6.45) is 2.05. The Bertz CT molecular complexity index is 534. The van der Waals surface area contributed by atoms with E-state index in [9.17, 15) is 8.42 Å². The normalized spacial score (nSPS) is 15.9. The molecule has 1 saturated carbocycles. The van der Waals surface area contributed by atoms with E-state index in [2.05, 4.69) is 4.72 Å². The zero-order valence-corrected chi connectivity index (χ0v) is 11.0. The highest BCUT2D eigenvalue weighted by molar-refractivity contribution is 7.92. The zero-order chi connectivity index (χ0) is 12.6. The molecule has 1 aromatic rings. The molecule has 0 radical (unpaired) electrons. The van der Waals surface area contributed by atoms with Gasteiger partial charge in [0.2, 0.25) is 10.0 Å². The Morgan fingerprint density at radius 2 is 2.00 bits per heavy atom. The van der Waals surface area contributed by atoms with Gasteiger partial charge in [-0.25, -0.2) is 8.42 Å². The lowest BCUT2D eigenvalue weighted by Gasteiger charge is -2.13. The number of hydrogen-bond acceptors (Lipinski definition) is 3. The number of sulfonamides is 1. The molecule has 0 unspecified atom stereocenters. The Hall–Kier alpha value is -1.23. The third-order valence-corrected chi connectivity index (χ3v) is 4.59. The third kappa shape index (κ3) is 2.91. The van der Waals surface area contributed by atoms with E-state index >= 15 is 0 Å². The SMILES string of the molecule is Cc1ccc(NS(=O)(=O)CC2CC2)c(C)c1N. The van der Waals surface area contributed by atoms with Gasteiger partial charge in [0.25, 0.3) is 0 Å². The minimum absolute atomic E-state index is 0.222. The van der Waals surface area contributed by atoms with Crippen LogP contribution in [0.3, 0.4) is 0 Å². The van der Waals surface area contributed by atoms with Gasteiger partial charge in [-0.15, -0.1) is 0 Å². The minimum Gasteiger partial charge on any atom is -0.398 e. The second-order valence-corrected chi connectivity index (χ2v) is 6.56. The summed E-state index contributed by atoms with van der Waals surface area (Å²) in [5.74, 6) is 0.566. The van der Waals surface area contributed by atoms with Crippen molar-refractivity contribution in [2.24, 2.45) is 5.92 Å². The largest absolute Gasteiger partial charge is 0.398 e. The van der Waals surface area contributed by atoms with Crippen molar-refractivity contribution in [3.05, 3.63) is 23.3 Å². The average Bonchev–Trinajstić information content (AvgIpc) is 3.02. The molecule has 1 fully saturated rings. The van der Waals surface area contributed by atoms with Crippen molar-refractivity contribution in [3.63, 3.8) is 0 Å². The predicted molar refractivity (Wildman–Crippen MR) is 70.5 cm³/mol. The Kier molecular flexibility index (Phi) is 3.03. The van der Waals surface area contributed by atoms with E-state index in [4.69, 9.17) is 5.73 Å². The maximum Gasteiger partial charge on any atom is 0.233 e. The van der Waals surface area contributed by atoms with E-state index in [-0.39, 0.29) is 5.75 Å². The molecule has 5 heteroatoms.